The molecule has 0 saturated heterocycles. The Bertz CT molecular complexity index is 225. The molecule has 100 valence electrons. The zero-order valence-electron chi connectivity index (χ0n) is 11.4. The molecule has 0 spiro atoms. The highest BCUT2D eigenvalue weighted by Gasteiger charge is 2.18. The van der Waals surface area contributed by atoms with Gasteiger partial charge < -0.3 is 15.0 Å². The molecule has 1 rings (SSSR count). The Balaban J connectivity index is 2.04. The zero-order chi connectivity index (χ0) is 12.7. The molecule has 0 bridgehead atoms. The second-order valence-corrected chi connectivity index (χ2v) is 5.13. The lowest BCUT2D eigenvalue weighted by Crippen LogP contribution is -2.38. The molecule has 1 aliphatic rings. The van der Waals surface area contributed by atoms with E-state index >= 15 is 0 Å². The fourth-order valence-electron chi connectivity index (χ4n) is 2.19. The number of carbonyl (C=O) groups excluding carboxylic acids is 1. The van der Waals surface area contributed by atoms with Crippen LogP contribution < -0.4 is 5.32 Å². The number of amides is 1. The Kier molecular flexibility index (Phi) is 6.52. The van der Waals surface area contributed by atoms with Crippen LogP contribution in [0.5, 0.6) is 0 Å². The van der Waals surface area contributed by atoms with E-state index in [9.17, 15) is 4.79 Å². The van der Waals surface area contributed by atoms with Gasteiger partial charge in [0, 0.05) is 19.1 Å². The second-order valence-electron chi connectivity index (χ2n) is 5.13. The Morgan fingerprint density at radius 3 is 2.65 bits per heavy atom. The molecule has 0 unspecified atom stereocenters. The van der Waals surface area contributed by atoms with Crippen molar-refractivity contribution >= 4 is 5.91 Å². The number of likely N-dealkylation sites (N-methyl/N-ethyl adjacent to an activating group) is 1. The van der Waals surface area contributed by atoms with Gasteiger partial charge in [-0.15, -0.1) is 0 Å². The maximum Gasteiger partial charge on any atom is 0.246 e. The standard InChI is InChI=1S/C13H26N2O2/c1-11(2)17-10-13(16)14-8-9-15(3)12-6-4-5-7-12/h11-12H,4-10H2,1-3H3,(H,14,16). The Hall–Kier alpha value is -0.610. The average Bonchev–Trinajstić information content (AvgIpc) is 2.79. The molecule has 0 atom stereocenters. The average molecular weight is 242 g/mol. The van der Waals surface area contributed by atoms with Crippen LogP contribution in [-0.4, -0.2) is 49.7 Å². The van der Waals surface area contributed by atoms with Gasteiger partial charge in [-0.25, -0.2) is 0 Å². The van der Waals surface area contributed by atoms with Gasteiger partial charge >= 0.3 is 0 Å². The van der Waals surface area contributed by atoms with Gasteiger partial charge in [-0.1, -0.05) is 12.8 Å². The number of hydrogen-bond donors (Lipinski definition) is 1. The predicted molar refractivity (Wildman–Crippen MR) is 69.0 cm³/mol. The summed E-state index contributed by atoms with van der Waals surface area (Å²) in [6, 6.07) is 0.721. The van der Waals surface area contributed by atoms with Gasteiger partial charge in [-0.05, 0) is 33.7 Å². The van der Waals surface area contributed by atoms with Gasteiger partial charge in [0.15, 0.2) is 0 Å². The van der Waals surface area contributed by atoms with Crippen LogP contribution in [0, 0.1) is 0 Å². The van der Waals surface area contributed by atoms with E-state index in [1.54, 1.807) is 0 Å². The van der Waals surface area contributed by atoms with Gasteiger partial charge in [-0.2, -0.15) is 0 Å². The topological polar surface area (TPSA) is 41.6 Å². The van der Waals surface area contributed by atoms with E-state index < -0.39 is 0 Å². The molecular formula is C13H26N2O2. The molecule has 0 aromatic heterocycles. The number of rotatable bonds is 7. The molecule has 0 aliphatic heterocycles. The summed E-state index contributed by atoms with van der Waals surface area (Å²) < 4.78 is 5.24. The van der Waals surface area contributed by atoms with Gasteiger partial charge in [0.25, 0.3) is 0 Å². The zero-order valence-corrected chi connectivity index (χ0v) is 11.4. The van der Waals surface area contributed by atoms with Gasteiger partial charge in [0.1, 0.15) is 6.61 Å². The summed E-state index contributed by atoms with van der Waals surface area (Å²) >= 11 is 0. The lowest BCUT2D eigenvalue weighted by molar-refractivity contribution is -0.127. The normalized spacial score (nSPS) is 17.0. The maximum absolute atomic E-state index is 11.4. The van der Waals surface area contributed by atoms with Crippen LogP contribution in [0.25, 0.3) is 0 Å². The van der Waals surface area contributed by atoms with E-state index in [0.717, 1.165) is 12.6 Å². The number of carbonyl (C=O) groups is 1. The summed E-state index contributed by atoms with van der Waals surface area (Å²) in [4.78, 5) is 13.8. The van der Waals surface area contributed by atoms with E-state index in [2.05, 4.69) is 17.3 Å². The van der Waals surface area contributed by atoms with E-state index in [4.69, 9.17) is 4.74 Å². The molecule has 1 aliphatic carbocycles. The lowest BCUT2D eigenvalue weighted by Gasteiger charge is -2.23. The number of ether oxygens (including phenoxy) is 1. The first-order valence-corrected chi connectivity index (χ1v) is 6.68. The summed E-state index contributed by atoms with van der Waals surface area (Å²) in [5, 5.41) is 2.89. The first-order chi connectivity index (χ1) is 8.09. The van der Waals surface area contributed by atoms with Gasteiger partial charge in [0.05, 0.1) is 6.10 Å². The van der Waals surface area contributed by atoms with Crippen molar-refractivity contribution in [3.63, 3.8) is 0 Å². The summed E-state index contributed by atoms with van der Waals surface area (Å²) in [7, 11) is 2.15. The maximum atomic E-state index is 11.4. The van der Waals surface area contributed by atoms with Gasteiger partial charge in [-0.3, -0.25) is 4.79 Å². The SMILES string of the molecule is CC(C)OCC(=O)NCCN(C)C1CCCC1. The van der Waals surface area contributed by atoms with E-state index in [-0.39, 0.29) is 18.6 Å². The van der Waals surface area contributed by atoms with Crippen molar-refractivity contribution in [3.8, 4) is 0 Å². The third-order valence-corrected chi connectivity index (χ3v) is 3.28. The first-order valence-electron chi connectivity index (χ1n) is 6.68. The van der Waals surface area contributed by atoms with Crippen molar-refractivity contribution in [2.75, 3.05) is 26.7 Å². The monoisotopic (exact) mass is 242 g/mol. The van der Waals surface area contributed by atoms with Crippen LogP contribution in [0.3, 0.4) is 0 Å². The Labute approximate surface area is 105 Å². The van der Waals surface area contributed by atoms with Crippen LogP contribution in [0.4, 0.5) is 0 Å². The highest BCUT2D eigenvalue weighted by molar-refractivity contribution is 5.77. The Morgan fingerprint density at radius 1 is 1.41 bits per heavy atom. The molecule has 0 aromatic carbocycles. The minimum Gasteiger partial charge on any atom is -0.369 e. The Morgan fingerprint density at radius 2 is 2.06 bits per heavy atom. The summed E-state index contributed by atoms with van der Waals surface area (Å²) in [5.41, 5.74) is 0. The molecule has 1 saturated carbocycles. The quantitative estimate of drug-likeness (QED) is 0.734. The molecule has 4 heteroatoms. The van der Waals surface area contributed by atoms with Crippen molar-refractivity contribution in [2.45, 2.75) is 51.7 Å². The molecule has 1 fully saturated rings. The van der Waals surface area contributed by atoms with Crippen LogP contribution in [0.15, 0.2) is 0 Å². The van der Waals surface area contributed by atoms with Crippen LogP contribution in [-0.2, 0) is 9.53 Å². The molecule has 0 radical (unpaired) electrons. The molecule has 17 heavy (non-hydrogen) atoms. The third kappa shape index (κ3) is 6.03. The van der Waals surface area contributed by atoms with E-state index in [1.165, 1.54) is 25.7 Å². The highest BCUT2D eigenvalue weighted by Crippen LogP contribution is 2.21. The fraction of sp³-hybridized carbons (Fsp3) is 0.923. The van der Waals surface area contributed by atoms with Crippen LogP contribution >= 0.6 is 0 Å². The summed E-state index contributed by atoms with van der Waals surface area (Å²) in [5.74, 6) is -0.0153. The molecule has 0 aromatic rings. The molecule has 1 N–H and O–H groups in total. The summed E-state index contributed by atoms with van der Waals surface area (Å²) in [6.07, 6.45) is 5.43. The first kappa shape index (κ1) is 14.5. The number of hydrogen-bond acceptors (Lipinski definition) is 3. The smallest absolute Gasteiger partial charge is 0.246 e. The molecule has 0 heterocycles. The third-order valence-electron chi connectivity index (χ3n) is 3.28. The largest absolute Gasteiger partial charge is 0.369 e. The highest BCUT2D eigenvalue weighted by atomic mass is 16.5. The van der Waals surface area contributed by atoms with Crippen LogP contribution in [0.2, 0.25) is 0 Å². The van der Waals surface area contributed by atoms with Crippen molar-refractivity contribution < 1.29 is 9.53 Å². The molecule has 4 nitrogen and oxygen atoms in total. The minimum atomic E-state index is -0.0153. The van der Waals surface area contributed by atoms with Crippen LogP contribution in [0.1, 0.15) is 39.5 Å². The van der Waals surface area contributed by atoms with Crippen molar-refractivity contribution in [1.82, 2.24) is 10.2 Å². The number of nitrogens with zero attached hydrogens (tertiary/aromatic N) is 1. The lowest BCUT2D eigenvalue weighted by atomic mass is 10.2. The number of nitrogens with one attached hydrogen (secondary N) is 1. The van der Waals surface area contributed by atoms with Crippen molar-refractivity contribution in [3.05, 3.63) is 0 Å². The predicted octanol–water partition coefficient (Wildman–Crippen LogP) is 1.40. The van der Waals surface area contributed by atoms with E-state index in [0.29, 0.717) is 6.54 Å². The van der Waals surface area contributed by atoms with Crippen molar-refractivity contribution in [1.29, 1.82) is 0 Å². The summed E-state index contributed by atoms with van der Waals surface area (Å²) in [6.45, 7) is 5.68. The van der Waals surface area contributed by atoms with Crippen molar-refractivity contribution in [2.24, 2.45) is 0 Å². The van der Waals surface area contributed by atoms with Gasteiger partial charge in [0.2, 0.25) is 5.91 Å². The molecule has 1 amide bonds. The second kappa shape index (κ2) is 7.67. The molecular weight excluding hydrogens is 216 g/mol. The fourth-order valence-corrected chi connectivity index (χ4v) is 2.19. The minimum absolute atomic E-state index is 0.0153. The van der Waals surface area contributed by atoms with E-state index in [1.807, 2.05) is 13.8 Å².